The maximum absolute atomic E-state index is 13.9. The fourth-order valence-corrected chi connectivity index (χ4v) is 3.56. The van der Waals surface area contributed by atoms with E-state index in [-0.39, 0.29) is 11.9 Å². The zero-order valence-corrected chi connectivity index (χ0v) is 13.2. The van der Waals surface area contributed by atoms with Crippen LogP contribution in [0, 0.1) is 18.7 Å². The maximum Gasteiger partial charge on any atom is 0.316 e. The van der Waals surface area contributed by atoms with Gasteiger partial charge in [0.05, 0.1) is 0 Å². The Morgan fingerprint density at radius 1 is 1.17 bits per heavy atom. The van der Waals surface area contributed by atoms with Gasteiger partial charge in [-0.2, -0.15) is 0 Å². The normalized spacial score (nSPS) is 26.3. The van der Waals surface area contributed by atoms with Crippen LogP contribution < -0.4 is 4.74 Å². The lowest BCUT2D eigenvalue weighted by Crippen LogP contribution is -2.52. The van der Waals surface area contributed by atoms with Crippen molar-refractivity contribution >= 4 is 0 Å². The number of nitrogens with zero attached hydrogens (tertiary/aromatic N) is 3. The molecule has 1 aromatic heterocycles. The Bertz CT molecular complexity index is 696. The second-order valence-electron chi connectivity index (χ2n) is 6.53. The predicted molar refractivity (Wildman–Crippen MR) is 85.7 cm³/mol. The third kappa shape index (κ3) is 2.93. The highest BCUT2D eigenvalue weighted by Crippen LogP contribution is 2.30. The summed E-state index contributed by atoms with van der Waals surface area (Å²) in [6.45, 7) is 5.25. The first kappa shape index (κ1) is 14.6. The minimum Gasteiger partial charge on any atom is -0.458 e. The van der Waals surface area contributed by atoms with Crippen LogP contribution in [0.25, 0.3) is 11.1 Å². The number of fused-ring (bicyclic) bond motifs is 3. The summed E-state index contributed by atoms with van der Waals surface area (Å²) in [5.74, 6) is 0.350. The molecule has 4 nitrogen and oxygen atoms in total. The minimum atomic E-state index is -0.259. The summed E-state index contributed by atoms with van der Waals surface area (Å²) in [4.78, 5) is 11.0. The molecule has 3 aliphatic rings. The SMILES string of the molecule is Cc1ccc(F)c(-c2cnc(OC3CN4CCC3CC4)nc2)c1. The lowest BCUT2D eigenvalue weighted by molar-refractivity contribution is -0.0123. The van der Waals surface area contributed by atoms with Crippen molar-refractivity contribution in [3.8, 4) is 17.1 Å². The molecule has 3 saturated heterocycles. The van der Waals surface area contributed by atoms with Gasteiger partial charge in [-0.25, -0.2) is 14.4 Å². The molecule has 0 saturated carbocycles. The zero-order valence-electron chi connectivity index (χ0n) is 13.2. The summed E-state index contributed by atoms with van der Waals surface area (Å²) >= 11 is 0. The number of piperidine rings is 3. The van der Waals surface area contributed by atoms with Gasteiger partial charge in [0.2, 0.25) is 0 Å². The van der Waals surface area contributed by atoms with Gasteiger partial charge < -0.3 is 4.74 Å². The van der Waals surface area contributed by atoms with E-state index < -0.39 is 0 Å². The van der Waals surface area contributed by atoms with Gasteiger partial charge in [0, 0.05) is 30.1 Å². The van der Waals surface area contributed by atoms with Gasteiger partial charge in [-0.3, -0.25) is 4.90 Å². The molecule has 1 aromatic carbocycles. The van der Waals surface area contributed by atoms with E-state index in [1.807, 2.05) is 13.0 Å². The number of hydrogen-bond donors (Lipinski definition) is 0. The molecule has 1 unspecified atom stereocenters. The van der Waals surface area contributed by atoms with Crippen molar-refractivity contribution in [2.24, 2.45) is 5.92 Å². The van der Waals surface area contributed by atoms with E-state index in [4.69, 9.17) is 4.74 Å². The molecule has 4 heterocycles. The first-order chi connectivity index (χ1) is 11.2. The fourth-order valence-electron chi connectivity index (χ4n) is 3.56. The molecule has 23 heavy (non-hydrogen) atoms. The molecule has 0 aliphatic carbocycles. The van der Waals surface area contributed by atoms with Crippen molar-refractivity contribution in [1.82, 2.24) is 14.9 Å². The van der Waals surface area contributed by atoms with Gasteiger partial charge >= 0.3 is 6.01 Å². The first-order valence-electron chi connectivity index (χ1n) is 8.16. The predicted octanol–water partition coefficient (Wildman–Crippen LogP) is 3.06. The molecule has 3 aliphatic heterocycles. The lowest BCUT2D eigenvalue weighted by atomic mass is 9.86. The van der Waals surface area contributed by atoms with Crippen LogP contribution in [-0.2, 0) is 0 Å². The van der Waals surface area contributed by atoms with Crippen LogP contribution in [0.15, 0.2) is 30.6 Å². The average molecular weight is 313 g/mol. The Kier molecular flexibility index (Phi) is 3.73. The average Bonchev–Trinajstić information content (AvgIpc) is 2.59. The molecule has 5 heteroatoms. The quantitative estimate of drug-likeness (QED) is 0.873. The molecule has 0 amide bonds. The van der Waals surface area contributed by atoms with Crippen molar-refractivity contribution in [2.75, 3.05) is 19.6 Å². The smallest absolute Gasteiger partial charge is 0.316 e. The fraction of sp³-hybridized carbons (Fsp3) is 0.444. The number of ether oxygens (including phenoxy) is 1. The van der Waals surface area contributed by atoms with Crippen LogP contribution in [0.4, 0.5) is 4.39 Å². The molecule has 120 valence electrons. The van der Waals surface area contributed by atoms with Crippen LogP contribution in [0.2, 0.25) is 0 Å². The van der Waals surface area contributed by atoms with Gasteiger partial charge in [-0.05, 0) is 50.9 Å². The Hall–Kier alpha value is -2.01. The van der Waals surface area contributed by atoms with E-state index in [2.05, 4.69) is 14.9 Å². The Morgan fingerprint density at radius 2 is 1.91 bits per heavy atom. The van der Waals surface area contributed by atoms with Gasteiger partial charge in [0.1, 0.15) is 11.9 Å². The number of hydrogen-bond acceptors (Lipinski definition) is 4. The minimum absolute atomic E-state index is 0.180. The Morgan fingerprint density at radius 3 is 2.57 bits per heavy atom. The number of aromatic nitrogens is 2. The van der Waals surface area contributed by atoms with Crippen molar-refractivity contribution in [1.29, 1.82) is 0 Å². The van der Waals surface area contributed by atoms with E-state index in [9.17, 15) is 4.39 Å². The highest BCUT2D eigenvalue weighted by Gasteiger charge is 2.35. The monoisotopic (exact) mass is 313 g/mol. The van der Waals surface area contributed by atoms with Gasteiger partial charge in [0.15, 0.2) is 0 Å². The number of benzene rings is 1. The summed E-state index contributed by atoms with van der Waals surface area (Å²) < 4.78 is 19.9. The van der Waals surface area contributed by atoms with Crippen LogP contribution >= 0.6 is 0 Å². The summed E-state index contributed by atoms with van der Waals surface area (Å²) in [5.41, 5.74) is 2.21. The van der Waals surface area contributed by atoms with E-state index in [0.717, 1.165) is 12.1 Å². The van der Waals surface area contributed by atoms with Crippen molar-refractivity contribution in [3.05, 3.63) is 42.0 Å². The van der Waals surface area contributed by atoms with E-state index >= 15 is 0 Å². The van der Waals surface area contributed by atoms with Crippen molar-refractivity contribution in [2.45, 2.75) is 25.9 Å². The summed E-state index contributed by atoms with van der Waals surface area (Å²) in [6, 6.07) is 5.43. The van der Waals surface area contributed by atoms with Crippen molar-refractivity contribution in [3.63, 3.8) is 0 Å². The first-order valence-corrected chi connectivity index (χ1v) is 8.16. The van der Waals surface area contributed by atoms with E-state index in [1.54, 1.807) is 18.5 Å². The highest BCUT2D eigenvalue weighted by molar-refractivity contribution is 5.63. The molecule has 2 aromatic rings. The summed E-state index contributed by atoms with van der Waals surface area (Å²) in [7, 11) is 0. The second-order valence-corrected chi connectivity index (χ2v) is 6.53. The molecule has 3 fully saturated rings. The standard InChI is InChI=1S/C18H20FN3O/c1-12-2-3-16(19)15(8-12)14-9-20-18(21-10-14)23-17-11-22-6-4-13(17)5-7-22/h2-3,8-10,13,17H,4-7,11H2,1H3. The molecule has 1 atom stereocenters. The van der Waals surface area contributed by atoms with Gasteiger partial charge in [-0.1, -0.05) is 11.6 Å². The Balaban J connectivity index is 1.51. The molecule has 0 spiro atoms. The number of rotatable bonds is 3. The second kappa shape index (κ2) is 5.89. The molecular weight excluding hydrogens is 293 g/mol. The summed E-state index contributed by atoms with van der Waals surface area (Å²) in [5, 5.41) is 0. The topological polar surface area (TPSA) is 38.2 Å². The molecule has 0 radical (unpaired) electrons. The van der Waals surface area contributed by atoms with Gasteiger partial charge in [0.25, 0.3) is 0 Å². The van der Waals surface area contributed by atoms with E-state index in [1.165, 1.54) is 32.0 Å². The maximum atomic E-state index is 13.9. The molecule has 5 rings (SSSR count). The van der Waals surface area contributed by atoms with Crippen LogP contribution in [0.1, 0.15) is 18.4 Å². The highest BCUT2D eigenvalue weighted by atomic mass is 19.1. The van der Waals surface area contributed by atoms with Crippen molar-refractivity contribution < 1.29 is 9.13 Å². The van der Waals surface area contributed by atoms with E-state index in [0.29, 0.717) is 23.1 Å². The van der Waals surface area contributed by atoms with Gasteiger partial charge in [-0.15, -0.1) is 0 Å². The van der Waals surface area contributed by atoms with Crippen LogP contribution in [0.5, 0.6) is 6.01 Å². The van der Waals surface area contributed by atoms with Crippen LogP contribution in [0.3, 0.4) is 0 Å². The third-order valence-corrected chi connectivity index (χ3v) is 4.91. The molecule has 2 bridgehead atoms. The molecular formula is C18H20FN3O. The third-order valence-electron chi connectivity index (χ3n) is 4.91. The number of halogens is 1. The Labute approximate surface area is 135 Å². The molecule has 0 N–H and O–H groups in total. The zero-order chi connectivity index (χ0) is 15.8. The largest absolute Gasteiger partial charge is 0.458 e. The lowest BCUT2D eigenvalue weighted by Gasteiger charge is -2.43. The number of aryl methyl sites for hydroxylation is 1. The van der Waals surface area contributed by atoms with Crippen LogP contribution in [-0.4, -0.2) is 40.6 Å². The summed E-state index contributed by atoms with van der Waals surface area (Å²) in [6.07, 6.45) is 5.84.